The summed E-state index contributed by atoms with van der Waals surface area (Å²) in [6.07, 6.45) is -3.51. The van der Waals surface area contributed by atoms with E-state index >= 15 is 0 Å². The molecule has 1 aliphatic heterocycles. The van der Waals surface area contributed by atoms with Crippen LogP contribution in [-0.4, -0.2) is 59.4 Å². The second-order valence-electron chi connectivity index (χ2n) is 7.72. The van der Waals surface area contributed by atoms with E-state index in [1.165, 1.54) is 30.5 Å². The summed E-state index contributed by atoms with van der Waals surface area (Å²) < 4.78 is 64.3. The van der Waals surface area contributed by atoms with E-state index in [0.29, 0.717) is 43.1 Å². The predicted octanol–water partition coefficient (Wildman–Crippen LogP) is 4.07. The van der Waals surface area contributed by atoms with E-state index in [0.717, 1.165) is 5.69 Å². The number of benzene rings is 2. The summed E-state index contributed by atoms with van der Waals surface area (Å²) >= 11 is 0. The van der Waals surface area contributed by atoms with Crippen molar-refractivity contribution in [3.05, 3.63) is 71.9 Å². The molecule has 37 heavy (non-hydrogen) atoms. The number of hydrogen-bond acceptors (Lipinski definition) is 6. The Bertz CT molecular complexity index is 1230. The van der Waals surface area contributed by atoms with Gasteiger partial charge < -0.3 is 14.7 Å². The number of aromatic nitrogens is 2. The molecule has 0 bridgehead atoms. The van der Waals surface area contributed by atoms with Crippen molar-refractivity contribution in [3.8, 4) is 11.3 Å². The van der Waals surface area contributed by atoms with Crippen LogP contribution in [0.5, 0.6) is 0 Å². The van der Waals surface area contributed by atoms with E-state index in [4.69, 9.17) is 14.6 Å². The van der Waals surface area contributed by atoms with Crippen LogP contribution in [0.25, 0.3) is 11.3 Å². The zero-order chi connectivity index (χ0) is 27.0. The minimum absolute atomic E-state index is 0.0645. The Labute approximate surface area is 207 Å². The number of anilines is 2. The molecule has 0 spiro atoms. The fraction of sp³-hybridized carbons (Fsp3) is 0.250. The highest BCUT2D eigenvalue weighted by Crippen LogP contribution is 2.26. The Kier molecular flexibility index (Phi) is 9.06. The van der Waals surface area contributed by atoms with Gasteiger partial charge in [0.05, 0.1) is 25.3 Å². The lowest BCUT2D eigenvalue weighted by Crippen LogP contribution is -2.36. The molecule has 1 aliphatic rings. The van der Waals surface area contributed by atoms with Gasteiger partial charge in [0.25, 0.3) is 0 Å². The van der Waals surface area contributed by atoms with Gasteiger partial charge in [-0.05, 0) is 42.0 Å². The smallest absolute Gasteiger partial charge is 0.475 e. The number of ether oxygens (including phenoxy) is 1. The zero-order valence-electron chi connectivity index (χ0n) is 19.1. The van der Waals surface area contributed by atoms with Crippen LogP contribution in [0.1, 0.15) is 5.56 Å². The van der Waals surface area contributed by atoms with E-state index in [1.807, 2.05) is 6.07 Å². The molecular weight excluding hydrogens is 503 g/mol. The quantitative estimate of drug-likeness (QED) is 0.485. The van der Waals surface area contributed by atoms with Crippen molar-refractivity contribution >= 4 is 23.5 Å². The number of alkyl halides is 3. The molecule has 196 valence electrons. The van der Waals surface area contributed by atoms with Gasteiger partial charge in [-0.25, -0.2) is 23.5 Å². The second-order valence-corrected chi connectivity index (χ2v) is 7.72. The maximum absolute atomic E-state index is 14.3. The third kappa shape index (κ3) is 8.49. The summed E-state index contributed by atoms with van der Waals surface area (Å²) in [7, 11) is 0. The van der Waals surface area contributed by atoms with Crippen molar-refractivity contribution in [2.75, 3.05) is 36.5 Å². The largest absolute Gasteiger partial charge is 0.490 e. The first kappa shape index (κ1) is 27.5. The molecule has 2 heterocycles. The van der Waals surface area contributed by atoms with Crippen molar-refractivity contribution in [2.45, 2.75) is 12.6 Å². The first-order valence-corrected chi connectivity index (χ1v) is 10.8. The monoisotopic (exact) mass is 524 g/mol. The minimum atomic E-state index is -5.08. The number of carbonyl (C=O) groups is 2. The molecular formula is C24H21F5N4O4. The predicted molar refractivity (Wildman–Crippen MR) is 123 cm³/mol. The lowest BCUT2D eigenvalue weighted by Gasteiger charge is -2.29. The van der Waals surface area contributed by atoms with Crippen LogP contribution in [0, 0.1) is 11.6 Å². The van der Waals surface area contributed by atoms with Gasteiger partial charge in [0.2, 0.25) is 11.9 Å². The molecule has 2 aromatic carbocycles. The molecule has 1 amide bonds. The third-order valence-electron chi connectivity index (χ3n) is 4.98. The molecule has 0 radical (unpaired) electrons. The van der Waals surface area contributed by atoms with Gasteiger partial charge >= 0.3 is 12.1 Å². The fourth-order valence-electron chi connectivity index (χ4n) is 3.26. The molecule has 0 aliphatic carbocycles. The van der Waals surface area contributed by atoms with Crippen molar-refractivity contribution in [2.24, 2.45) is 0 Å². The van der Waals surface area contributed by atoms with Crippen LogP contribution in [0.4, 0.5) is 33.6 Å². The second kappa shape index (κ2) is 12.2. The van der Waals surface area contributed by atoms with Crippen LogP contribution in [-0.2, 0) is 20.7 Å². The molecule has 1 aromatic heterocycles. The number of morpholine rings is 1. The normalized spacial score (nSPS) is 13.4. The highest BCUT2D eigenvalue weighted by molar-refractivity contribution is 5.90. The summed E-state index contributed by atoms with van der Waals surface area (Å²) in [5.41, 5.74) is 2.52. The zero-order valence-corrected chi connectivity index (χ0v) is 19.1. The third-order valence-corrected chi connectivity index (χ3v) is 4.98. The van der Waals surface area contributed by atoms with Gasteiger partial charge in [-0.15, -0.1) is 0 Å². The molecule has 8 nitrogen and oxygen atoms in total. The number of nitrogens with zero attached hydrogens (tertiary/aromatic N) is 3. The topological polar surface area (TPSA) is 105 Å². The van der Waals surface area contributed by atoms with E-state index in [2.05, 4.69) is 20.2 Å². The Balaban J connectivity index is 0.000000479. The highest BCUT2D eigenvalue weighted by Gasteiger charge is 2.38. The standard InChI is InChI=1S/C22H20F2N4O2.C2HF3O2/c23-17-3-1-15(2-4-17)11-21(29)27-22-25-6-5-20(26-22)16-12-18(24)14-19(13-16)28-7-9-30-10-8-28;3-2(4,5)1(6)7/h1-6,12-14H,7-11H2,(H,25,26,27,29);(H,6,7). The number of rotatable bonds is 5. The average molecular weight is 524 g/mol. The SMILES string of the molecule is O=C(Cc1ccc(F)cc1)Nc1nccc(-c2cc(F)cc(N3CCOCC3)c2)n1.O=C(O)C(F)(F)F. The van der Waals surface area contributed by atoms with Crippen LogP contribution in [0.3, 0.4) is 0 Å². The average Bonchev–Trinajstić information content (AvgIpc) is 2.85. The highest BCUT2D eigenvalue weighted by atomic mass is 19.4. The molecule has 1 saturated heterocycles. The molecule has 2 N–H and O–H groups in total. The Morgan fingerprint density at radius 2 is 1.65 bits per heavy atom. The van der Waals surface area contributed by atoms with Gasteiger partial charge in [-0.2, -0.15) is 13.2 Å². The Morgan fingerprint density at radius 3 is 2.27 bits per heavy atom. The number of carbonyl (C=O) groups excluding carboxylic acids is 1. The van der Waals surface area contributed by atoms with Gasteiger partial charge in [-0.3, -0.25) is 10.1 Å². The summed E-state index contributed by atoms with van der Waals surface area (Å²) in [5, 5.41) is 9.76. The molecule has 0 atom stereocenters. The van der Waals surface area contributed by atoms with Crippen molar-refractivity contribution in [3.63, 3.8) is 0 Å². The van der Waals surface area contributed by atoms with Crippen LogP contribution < -0.4 is 10.2 Å². The fourth-order valence-corrected chi connectivity index (χ4v) is 3.26. The molecule has 0 saturated carbocycles. The molecule has 13 heteroatoms. The maximum atomic E-state index is 14.3. The van der Waals surface area contributed by atoms with E-state index in [1.54, 1.807) is 18.2 Å². The van der Waals surface area contributed by atoms with E-state index in [-0.39, 0.29) is 29.9 Å². The first-order valence-electron chi connectivity index (χ1n) is 10.8. The van der Waals surface area contributed by atoms with E-state index < -0.39 is 12.1 Å². The number of nitrogens with one attached hydrogen (secondary N) is 1. The molecule has 0 unspecified atom stereocenters. The number of hydrogen-bond donors (Lipinski definition) is 2. The van der Waals surface area contributed by atoms with Crippen molar-refractivity contribution in [1.29, 1.82) is 0 Å². The van der Waals surface area contributed by atoms with Gasteiger partial charge in [0.15, 0.2) is 0 Å². The van der Waals surface area contributed by atoms with Crippen molar-refractivity contribution < 1.29 is 41.4 Å². The van der Waals surface area contributed by atoms with Crippen LogP contribution in [0.15, 0.2) is 54.7 Å². The number of aliphatic carboxylic acids is 1. The van der Waals surface area contributed by atoms with Crippen LogP contribution >= 0.6 is 0 Å². The first-order chi connectivity index (χ1) is 17.5. The van der Waals surface area contributed by atoms with E-state index in [9.17, 15) is 26.7 Å². The Morgan fingerprint density at radius 1 is 1.00 bits per heavy atom. The molecule has 3 aromatic rings. The van der Waals surface area contributed by atoms with Gasteiger partial charge in [0, 0.05) is 30.5 Å². The maximum Gasteiger partial charge on any atom is 0.490 e. The van der Waals surface area contributed by atoms with Crippen LogP contribution in [0.2, 0.25) is 0 Å². The number of amides is 1. The number of carboxylic acid groups (broad SMARTS) is 1. The minimum Gasteiger partial charge on any atom is -0.475 e. The summed E-state index contributed by atoms with van der Waals surface area (Å²) in [5.74, 6) is -3.69. The lowest BCUT2D eigenvalue weighted by atomic mass is 10.1. The van der Waals surface area contributed by atoms with Gasteiger partial charge in [0.1, 0.15) is 11.6 Å². The number of halogens is 5. The summed E-state index contributed by atoms with van der Waals surface area (Å²) in [6, 6.07) is 12.1. The lowest BCUT2D eigenvalue weighted by molar-refractivity contribution is -0.192. The summed E-state index contributed by atoms with van der Waals surface area (Å²) in [6.45, 7) is 2.59. The number of carboxylic acids is 1. The summed E-state index contributed by atoms with van der Waals surface area (Å²) in [4.78, 5) is 31.6. The van der Waals surface area contributed by atoms with Gasteiger partial charge in [-0.1, -0.05) is 12.1 Å². The van der Waals surface area contributed by atoms with Crippen molar-refractivity contribution in [1.82, 2.24) is 9.97 Å². The Hall–Kier alpha value is -4.13. The molecule has 1 fully saturated rings. The molecule has 4 rings (SSSR count).